The highest BCUT2D eigenvalue weighted by Gasteiger charge is 2.31. The van der Waals surface area contributed by atoms with Gasteiger partial charge >= 0.3 is 0 Å². The molecule has 1 heterocycles. The number of nitrogens with zero attached hydrogens (tertiary/aromatic N) is 2. The Bertz CT molecular complexity index is 593. The second-order valence-electron chi connectivity index (χ2n) is 5.41. The Morgan fingerprint density at radius 1 is 1.40 bits per heavy atom. The minimum atomic E-state index is -0.354. The first-order valence-corrected chi connectivity index (χ1v) is 7.24. The Hall–Kier alpha value is -1.65. The van der Waals surface area contributed by atoms with E-state index in [-0.39, 0.29) is 18.2 Å². The zero-order valence-corrected chi connectivity index (χ0v) is 12.0. The van der Waals surface area contributed by atoms with Crippen LogP contribution in [0.5, 0.6) is 0 Å². The van der Waals surface area contributed by atoms with Gasteiger partial charge in [0.15, 0.2) is 0 Å². The van der Waals surface area contributed by atoms with E-state index in [2.05, 4.69) is 36.4 Å². The molecule has 4 heteroatoms. The first kappa shape index (κ1) is 13.3. The van der Waals surface area contributed by atoms with Crippen molar-refractivity contribution >= 4 is 0 Å². The van der Waals surface area contributed by atoms with Crippen LogP contribution in [0.2, 0.25) is 0 Å². The Morgan fingerprint density at radius 3 is 3.00 bits per heavy atom. The molecule has 0 fully saturated rings. The van der Waals surface area contributed by atoms with Crippen molar-refractivity contribution in [2.75, 3.05) is 0 Å². The van der Waals surface area contributed by atoms with Crippen molar-refractivity contribution in [3.63, 3.8) is 0 Å². The minimum Gasteiger partial charge on any atom is -0.391 e. The van der Waals surface area contributed by atoms with Crippen molar-refractivity contribution in [2.24, 2.45) is 0 Å². The number of aliphatic hydroxyl groups is 1. The number of aliphatic hydroxyl groups excluding tert-OH is 1. The second-order valence-corrected chi connectivity index (χ2v) is 5.41. The fourth-order valence-corrected chi connectivity index (χ4v) is 3.10. The summed E-state index contributed by atoms with van der Waals surface area (Å²) in [5.41, 5.74) is 3.62. The Morgan fingerprint density at radius 2 is 2.20 bits per heavy atom. The molecular formula is C16H21N3O. The molecule has 2 N–H and O–H groups in total. The highest BCUT2D eigenvalue weighted by Crippen LogP contribution is 2.33. The lowest BCUT2D eigenvalue weighted by Crippen LogP contribution is -2.32. The smallest absolute Gasteiger partial charge is 0.0775 e. The SMILES string of the molecule is CCn1nccc1C(C)N[C@@H]1c2ccccc2C[C@@H]1O. The minimum absolute atomic E-state index is 0.00130. The van der Waals surface area contributed by atoms with Gasteiger partial charge < -0.3 is 5.11 Å². The van der Waals surface area contributed by atoms with Gasteiger partial charge in [-0.15, -0.1) is 0 Å². The predicted molar refractivity (Wildman–Crippen MR) is 78.3 cm³/mol. The molecule has 0 aliphatic heterocycles. The van der Waals surface area contributed by atoms with Crippen LogP contribution in [0.1, 0.15) is 42.8 Å². The monoisotopic (exact) mass is 271 g/mol. The number of aryl methyl sites for hydroxylation is 1. The van der Waals surface area contributed by atoms with Crippen LogP contribution in [0.3, 0.4) is 0 Å². The summed E-state index contributed by atoms with van der Waals surface area (Å²) < 4.78 is 1.99. The maximum absolute atomic E-state index is 10.3. The summed E-state index contributed by atoms with van der Waals surface area (Å²) in [6.07, 6.45) is 2.21. The van der Waals surface area contributed by atoms with Gasteiger partial charge in [0.1, 0.15) is 0 Å². The van der Waals surface area contributed by atoms with Gasteiger partial charge in [0.05, 0.1) is 17.8 Å². The molecule has 0 amide bonds. The van der Waals surface area contributed by atoms with Crippen molar-refractivity contribution < 1.29 is 5.11 Å². The Kier molecular flexibility index (Phi) is 3.59. The molecular weight excluding hydrogens is 250 g/mol. The van der Waals surface area contributed by atoms with Gasteiger partial charge in [-0.1, -0.05) is 24.3 Å². The summed E-state index contributed by atoms with van der Waals surface area (Å²) in [5.74, 6) is 0. The molecule has 0 saturated carbocycles. The van der Waals surface area contributed by atoms with Crippen molar-refractivity contribution in [1.82, 2.24) is 15.1 Å². The van der Waals surface area contributed by atoms with Crippen LogP contribution in [-0.2, 0) is 13.0 Å². The average Bonchev–Trinajstić information content (AvgIpc) is 3.04. The lowest BCUT2D eigenvalue weighted by molar-refractivity contribution is 0.135. The normalized spacial score (nSPS) is 22.8. The lowest BCUT2D eigenvalue weighted by Gasteiger charge is -2.23. The molecule has 1 aromatic carbocycles. The third-order valence-corrected chi connectivity index (χ3v) is 4.13. The van der Waals surface area contributed by atoms with Crippen molar-refractivity contribution in [3.05, 3.63) is 53.3 Å². The van der Waals surface area contributed by atoms with Gasteiger partial charge in [-0.3, -0.25) is 10.00 Å². The molecule has 4 nitrogen and oxygen atoms in total. The van der Waals surface area contributed by atoms with E-state index in [1.54, 1.807) is 0 Å². The highest BCUT2D eigenvalue weighted by atomic mass is 16.3. The van der Waals surface area contributed by atoms with Gasteiger partial charge in [0.2, 0.25) is 0 Å². The molecule has 0 radical (unpaired) electrons. The average molecular weight is 271 g/mol. The third-order valence-electron chi connectivity index (χ3n) is 4.13. The number of aromatic nitrogens is 2. The number of fused-ring (bicyclic) bond motifs is 1. The Labute approximate surface area is 119 Å². The molecule has 1 aliphatic carbocycles. The standard InChI is InChI=1S/C16H21N3O/c1-3-19-14(8-9-17-19)11(2)18-16-13-7-5-4-6-12(13)10-15(16)20/h4-9,11,15-16,18,20H,3,10H2,1-2H3/t11?,15-,16+/m0/s1. The largest absolute Gasteiger partial charge is 0.391 e. The van der Waals surface area contributed by atoms with Crippen molar-refractivity contribution in [1.29, 1.82) is 0 Å². The van der Waals surface area contributed by atoms with E-state index in [0.29, 0.717) is 0 Å². The fourth-order valence-electron chi connectivity index (χ4n) is 3.10. The molecule has 0 saturated heterocycles. The van der Waals surface area contributed by atoms with Crippen LogP contribution >= 0.6 is 0 Å². The number of benzene rings is 1. The summed E-state index contributed by atoms with van der Waals surface area (Å²) in [7, 11) is 0. The van der Waals surface area contributed by atoms with Crippen LogP contribution in [0.4, 0.5) is 0 Å². The van der Waals surface area contributed by atoms with E-state index in [0.717, 1.165) is 18.7 Å². The zero-order valence-electron chi connectivity index (χ0n) is 12.0. The molecule has 3 atom stereocenters. The predicted octanol–water partition coefficient (Wildman–Crippen LogP) is 2.21. The van der Waals surface area contributed by atoms with E-state index in [1.165, 1.54) is 11.1 Å². The topological polar surface area (TPSA) is 50.1 Å². The lowest BCUT2D eigenvalue weighted by atomic mass is 10.1. The molecule has 2 aromatic rings. The van der Waals surface area contributed by atoms with Gasteiger partial charge in [-0.2, -0.15) is 5.10 Å². The van der Waals surface area contributed by atoms with E-state index in [9.17, 15) is 5.11 Å². The van der Waals surface area contributed by atoms with Crippen molar-refractivity contribution in [2.45, 2.75) is 45.0 Å². The van der Waals surface area contributed by atoms with Crippen molar-refractivity contribution in [3.8, 4) is 0 Å². The number of nitrogens with one attached hydrogen (secondary N) is 1. The summed E-state index contributed by atoms with van der Waals surface area (Å²) in [5, 5.41) is 18.2. The molecule has 106 valence electrons. The van der Waals surface area contributed by atoms with E-state index < -0.39 is 0 Å². The third kappa shape index (κ3) is 2.25. The summed E-state index contributed by atoms with van der Waals surface area (Å²) in [4.78, 5) is 0. The van der Waals surface area contributed by atoms with Gasteiger partial charge in [0, 0.05) is 25.2 Å². The number of hydrogen-bond donors (Lipinski definition) is 2. The van der Waals surface area contributed by atoms with Crippen LogP contribution < -0.4 is 5.32 Å². The molecule has 0 spiro atoms. The van der Waals surface area contributed by atoms with E-state index in [1.807, 2.05) is 29.1 Å². The van der Waals surface area contributed by atoms with E-state index >= 15 is 0 Å². The molecule has 0 bridgehead atoms. The number of rotatable bonds is 4. The molecule has 3 rings (SSSR count). The quantitative estimate of drug-likeness (QED) is 0.896. The number of hydrogen-bond acceptors (Lipinski definition) is 3. The molecule has 1 unspecified atom stereocenters. The van der Waals surface area contributed by atoms with Gasteiger partial charge in [0.25, 0.3) is 0 Å². The second kappa shape index (κ2) is 5.38. The molecule has 1 aliphatic rings. The van der Waals surface area contributed by atoms with Crippen LogP contribution in [0.15, 0.2) is 36.5 Å². The maximum atomic E-state index is 10.3. The van der Waals surface area contributed by atoms with Gasteiger partial charge in [-0.25, -0.2) is 0 Å². The summed E-state index contributed by atoms with van der Waals surface area (Å²) >= 11 is 0. The summed E-state index contributed by atoms with van der Waals surface area (Å²) in [6, 6.07) is 10.5. The van der Waals surface area contributed by atoms with Crippen LogP contribution in [0, 0.1) is 0 Å². The summed E-state index contributed by atoms with van der Waals surface area (Å²) in [6.45, 7) is 5.07. The maximum Gasteiger partial charge on any atom is 0.0775 e. The van der Waals surface area contributed by atoms with E-state index in [4.69, 9.17) is 0 Å². The zero-order chi connectivity index (χ0) is 14.1. The van der Waals surface area contributed by atoms with Crippen LogP contribution in [0.25, 0.3) is 0 Å². The molecule has 20 heavy (non-hydrogen) atoms. The highest BCUT2D eigenvalue weighted by molar-refractivity contribution is 5.36. The molecule has 1 aromatic heterocycles. The first-order chi connectivity index (χ1) is 9.70. The first-order valence-electron chi connectivity index (χ1n) is 7.24. The Balaban J connectivity index is 1.81. The fraction of sp³-hybridized carbons (Fsp3) is 0.438. The van der Waals surface area contributed by atoms with Gasteiger partial charge in [-0.05, 0) is 31.0 Å². The van der Waals surface area contributed by atoms with Crippen LogP contribution in [-0.4, -0.2) is 21.0 Å².